The number of aliphatic hydroxyl groups is 1. The van der Waals surface area contributed by atoms with Crippen LogP contribution in [0.3, 0.4) is 0 Å². The molecular weight excluding hydrogens is 622 g/mol. The Kier molecular flexibility index (Phi) is 6.95. The molecule has 9 atom stereocenters. The summed E-state index contributed by atoms with van der Waals surface area (Å²) < 4.78 is 61.4. The van der Waals surface area contributed by atoms with Crippen molar-refractivity contribution >= 4 is 38.0 Å². The fraction of sp³-hybridized carbons (Fsp3) is 0.500. The van der Waals surface area contributed by atoms with Crippen LogP contribution in [-0.2, 0) is 36.7 Å². The Labute approximate surface area is 237 Å². The average molecular weight is 644 g/mol. The third-order valence-electron chi connectivity index (χ3n) is 7.08. The van der Waals surface area contributed by atoms with Crippen LogP contribution in [0.4, 0.5) is 0 Å². The maximum absolute atomic E-state index is 13.1. The van der Waals surface area contributed by atoms with Gasteiger partial charge in [-0.2, -0.15) is 0 Å². The van der Waals surface area contributed by atoms with Gasteiger partial charge in [-0.05, 0) is 0 Å². The largest absolute Gasteiger partial charge is 0.472 e. The van der Waals surface area contributed by atoms with Crippen LogP contribution >= 0.6 is 15.6 Å². The summed E-state index contributed by atoms with van der Waals surface area (Å²) in [7, 11) is -9.83. The molecule has 7 heterocycles. The lowest BCUT2D eigenvalue weighted by Gasteiger charge is -2.25. The predicted octanol–water partition coefficient (Wildman–Crippen LogP) is -1.18. The number of hydrogen-bond acceptors (Lipinski definition) is 15. The van der Waals surface area contributed by atoms with Gasteiger partial charge in [0.15, 0.2) is 34.8 Å². The molecule has 21 nitrogen and oxygen atoms in total. The van der Waals surface area contributed by atoms with E-state index in [-0.39, 0.29) is 28.7 Å². The van der Waals surface area contributed by atoms with Crippen molar-refractivity contribution in [3.8, 4) is 0 Å². The van der Waals surface area contributed by atoms with Gasteiger partial charge in [0, 0.05) is 6.42 Å². The molecule has 4 aromatic heterocycles. The molecule has 2 bridgehead atoms. The second kappa shape index (κ2) is 10.5. The van der Waals surface area contributed by atoms with Gasteiger partial charge in [-0.25, -0.2) is 29.1 Å². The maximum atomic E-state index is 13.1. The molecule has 0 radical (unpaired) electrons. The third kappa shape index (κ3) is 5.17. The molecule has 4 aromatic rings. The first-order valence-corrected chi connectivity index (χ1v) is 15.6. The molecule has 0 saturated carbocycles. The molecule has 2 unspecified atom stereocenters. The van der Waals surface area contributed by atoms with Crippen molar-refractivity contribution in [2.75, 3.05) is 13.2 Å². The number of aromatic nitrogens is 8. The number of phosphoric acid groups is 2. The van der Waals surface area contributed by atoms with Crippen molar-refractivity contribution in [3.05, 3.63) is 46.0 Å². The van der Waals surface area contributed by atoms with E-state index in [1.165, 1.54) is 15.5 Å². The van der Waals surface area contributed by atoms with Crippen LogP contribution in [0, 0.1) is 0 Å². The van der Waals surface area contributed by atoms with E-state index in [0.29, 0.717) is 0 Å². The zero-order valence-electron chi connectivity index (χ0n) is 21.5. The molecule has 0 amide bonds. The quantitative estimate of drug-likeness (QED) is 0.161. The van der Waals surface area contributed by atoms with Crippen LogP contribution in [0.5, 0.6) is 0 Å². The molecule has 230 valence electrons. The van der Waals surface area contributed by atoms with Gasteiger partial charge < -0.3 is 34.3 Å². The number of imidazole rings is 2. The Balaban J connectivity index is 1.19. The number of H-pyrrole nitrogens is 2. The molecule has 0 aromatic carbocycles. The number of rotatable bonds is 2. The first-order chi connectivity index (χ1) is 20.5. The summed E-state index contributed by atoms with van der Waals surface area (Å²) in [5.74, 6) is 0. The number of aromatic amines is 2. The van der Waals surface area contributed by atoms with Crippen molar-refractivity contribution in [2.45, 2.75) is 49.4 Å². The van der Waals surface area contributed by atoms with Crippen LogP contribution < -0.4 is 11.1 Å². The SMILES string of the molecule is O=c1[nH]cnc2c1ncn2[C@@H]1O[C@@H]2COP(=O)(O)O[C@H]3C[C@H](COP(=O)(O)O[C@H]2[C@H]1O)O[C@H]3n1cnc2c(=O)[nH]cnc21. The van der Waals surface area contributed by atoms with Crippen LogP contribution in [0.15, 0.2) is 34.9 Å². The zero-order chi connectivity index (χ0) is 30.1. The van der Waals surface area contributed by atoms with E-state index in [0.717, 1.165) is 19.0 Å². The highest BCUT2D eigenvalue weighted by atomic mass is 31.2. The molecule has 3 aliphatic heterocycles. The lowest BCUT2D eigenvalue weighted by atomic mass is 10.1. The monoisotopic (exact) mass is 644 g/mol. The highest BCUT2D eigenvalue weighted by Crippen LogP contribution is 2.53. The molecule has 7 rings (SSSR count). The maximum Gasteiger partial charge on any atom is 0.472 e. The second-order valence-electron chi connectivity index (χ2n) is 9.79. The van der Waals surface area contributed by atoms with Gasteiger partial charge in [0.05, 0.1) is 44.6 Å². The molecule has 3 saturated heterocycles. The van der Waals surface area contributed by atoms with Gasteiger partial charge in [-0.1, -0.05) is 0 Å². The average Bonchev–Trinajstić information content (AvgIpc) is 3.72. The topological polar surface area (TPSA) is 277 Å². The van der Waals surface area contributed by atoms with Crippen LogP contribution in [0.1, 0.15) is 18.9 Å². The summed E-state index contributed by atoms with van der Waals surface area (Å²) in [6.07, 6.45) is -4.97. The second-order valence-corrected chi connectivity index (χ2v) is 12.6. The Hall–Kier alpha value is -3.20. The summed E-state index contributed by atoms with van der Waals surface area (Å²) >= 11 is 0. The molecule has 3 aliphatic rings. The van der Waals surface area contributed by atoms with Gasteiger partial charge in [0.1, 0.15) is 24.4 Å². The summed E-state index contributed by atoms with van der Waals surface area (Å²) in [6.45, 7) is -1.31. The number of fused-ring (bicyclic) bond motifs is 5. The van der Waals surface area contributed by atoms with Gasteiger partial charge in [-0.3, -0.25) is 36.8 Å². The van der Waals surface area contributed by atoms with Crippen LogP contribution in [0.25, 0.3) is 22.3 Å². The van der Waals surface area contributed by atoms with Crippen LogP contribution in [-0.4, -0.2) is 97.7 Å². The van der Waals surface area contributed by atoms with Crippen molar-refractivity contribution in [1.29, 1.82) is 0 Å². The number of aliphatic hydroxyl groups excluding tert-OH is 1. The summed E-state index contributed by atoms with van der Waals surface area (Å²) in [6, 6.07) is 0. The van der Waals surface area contributed by atoms with E-state index in [2.05, 4.69) is 29.9 Å². The smallest absolute Gasteiger partial charge is 0.386 e. The number of nitrogens with one attached hydrogen (secondary N) is 2. The Bertz CT molecular complexity index is 1910. The minimum absolute atomic E-state index is 0.0189. The Morgan fingerprint density at radius 3 is 2.02 bits per heavy atom. The third-order valence-corrected chi connectivity index (χ3v) is 9.08. The lowest BCUT2D eigenvalue weighted by Crippen LogP contribution is -2.36. The standard InChI is InChI=1S/C20H22N8O13P2/c29-13-14-10(39-20(13)28-7-26-12-16(28)22-5-24-18(12)31)3-37-42(32,33)40-9-1-8(2-36-43(34,35)41-14)38-19(9)27-6-25-11-15(27)21-4-23-17(11)30/h4-10,13-14,19-20,29H,1-3H2,(H,32,33)(H,34,35)(H,21,23,30)(H,22,24,31)/t8-,9+,10-,13-,14-,19-,20-/m1/s1. The highest BCUT2D eigenvalue weighted by Gasteiger charge is 2.51. The van der Waals surface area contributed by atoms with Crippen LogP contribution in [0.2, 0.25) is 0 Å². The lowest BCUT2D eigenvalue weighted by molar-refractivity contribution is -0.0670. The van der Waals surface area contributed by atoms with Gasteiger partial charge in [0.25, 0.3) is 11.1 Å². The van der Waals surface area contributed by atoms with Crippen molar-refractivity contribution in [2.24, 2.45) is 0 Å². The van der Waals surface area contributed by atoms with E-state index in [4.69, 9.17) is 27.6 Å². The van der Waals surface area contributed by atoms with E-state index < -0.39 is 83.0 Å². The first kappa shape index (κ1) is 28.6. The molecule has 0 aliphatic carbocycles. The number of hydrogen-bond donors (Lipinski definition) is 5. The van der Waals surface area contributed by atoms with Gasteiger partial charge in [0.2, 0.25) is 0 Å². The van der Waals surface area contributed by atoms with Gasteiger partial charge >= 0.3 is 15.6 Å². The Morgan fingerprint density at radius 2 is 1.37 bits per heavy atom. The fourth-order valence-corrected chi connectivity index (χ4v) is 7.12. The molecule has 0 spiro atoms. The van der Waals surface area contributed by atoms with Gasteiger partial charge in [-0.15, -0.1) is 0 Å². The Morgan fingerprint density at radius 1 is 0.791 bits per heavy atom. The van der Waals surface area contributed by atoms with E-state index in [9.17, 15) is 33.6 Å². The number of phosphoric ester groups is 2. The molecule has 3 fully saturated rings. The van der Waals surface area contributed by atoms with E-state index in [1.54, 1.807) is 0 Å². The molecule has 23 heteroatoms. The minimum Gasteiger partial charge on any atom is -0.386 e. The zero-order valence-corrected chi connectivity index (χ0v) is 23.3. The summed E-state index contributed by atoms with van der Waals surface area (Å²) in [4.78, 5) is 66.2. The molecule has 5 N–H and O–H groups in total. The van der Waals surface area contributed by atoms with E-state index >= 15 is 0 Å². The first-order valence-electron chi connectivity index (χ1n) is 12.6. The number of ether oxygens (including phenoxy) is 2. The molecular formula is C20H22N8O13P2. The number of nitrogens with zero attached hydrogens (tertiary/aromatic N) is 6. The normalized spacial score (nSPS) is 37.1. The minimum atomic E-state index is -4.93. The summed E-state index contributed by atoms with van der Waals surface area (Å²) in [5.41, 5.74) is -1.10. The molecule has 43 heavy (non-hydrogen) atoms. The highest BCUT2D eigenvalue weighted by molar-refractivity contribution is 7.47. The van der Waals surface area contributed by atoms with E-state index in [1.807, 2.05) is 0 Å². The fourth-order valence-electron chi connectivity index (χ4n) is 5.21. The van der Waals surface area contributed by atoms with Crippen molar-refractivity contribution in [3.63, 3.8) is 0 Å². The summed E-state index contributed by atoms with van der Waals surface area (Å²) in [5, 5.41) is 11.1. The predicted molar refractivity (Wildman–Crippen MR) is 136 cm³/mol. The van der Waals surface area contributed by atoms with Crippen molar-refractivity contribution < 1.29 is 51.6 Å². The van der Waals surface area contributed by atoms with Crippen molar-refractivity contribution in [1.82, 2.24) is 39.0 Å².